The van der Waals surface area contributed by atoms with Gasteiger partial charge in [0.25, 0.3) is 5.91 Å². The van der Waals surface area contributed by atoms with Crippen LogP contribution in [-0.4, -0.2) is 47.0 Å². The molecular weight excluding hydrogens is 478 g/mol. The van der Waals surface area contributed by atoms with E-state index in [4.69, 9.17) is 4.98 Å². The van der Waals surface area contributed by atoms with Gasteiger partial charge in [0.05, 0.1) is 10.6 Å². The number of rotatable bonds is 8. The summed E-state index contributed by atoms with van der Waals surface area (Å²) in [4.78, 5) is 25.3. The second kappa shape index (κ2) is 10.8. The van der Waals surface area contributed by atoms with E-state index in [0.29, 0.717) is 10.8 Å². The molecule has 1 unspecified atom stereocenters. The molecule has 2 N–H and O–H groups in total. The molecule has 4 aromatic rings. The number of nitrogens with one attached hydrogen (secondary N) is 2. The van der Waals surface area contributed by atoms with Crippen LogP contribution in [0.4, 0.5) is 11.6 Å². The van der Waals surface area contributed by atoms with Crippen molar-refractivity contribution in [2.24, 2.45) is 0 Å². The summed E-state index contributed by atoms with van der Waals surface area (Å²) in [5.74, 6) is 0.852. The Kier molecular flexibility index (Phi) is 6.97. The molecule has 37 heavy (non-hydrogen) atoms. The molecule has 0 spiro atoms. The number of benzene rings is 2. The van der Waals surface area contributed by atoms with Crippen LogP contribution >= 0.6 is 11.3 Å². The third kappa shape index (κ3) is 5.29. The van der Waals surface area contributed by atoms with E-state index in [1.54, 1.807) is 0 Å². The minimum Gasteiger partial charge on any atom is -0.354 e. The van der Waals surface area contributed by atoms with E-state index in [1.807, 2.05) is 35.8 Å². The number of carbonyl (C=O) groups is 1. The van der Waals surface area contributed by atoms with Crippen LogP contribution in [-0.2, 0) is 6.42 Å². The number of anilines is 2. The summed E-state index contributed by atoms with van der Waals surface area (Å²) < 4.78 is 0. The fourth-order valence-corrected chi connectivity index (χ4v) is 6.05. The molecule has 1 aliphatic heterocycles. The zero-order valence-corrected chi connectivity index (χ0v) is 21.6. The van der Waals surface area contributed by atoms with Gasteiger partial charge in [-0.05, 0) is 85.6 Å². The van der Waals surface area contributed by atoms with E-state index < -0.39 is 0 Å². The van der Waals surface area contributed by atoms with Gasteiger partial charge in [0.2, 0.25) is 5.95 Å². The van der Waals surface area contributed by atoms with Crippen LogP contribution in [0.25, 0.3) is 11.3 Å². The summed E-state index contributed by atoms with van der Waals surface area (Å²) >= 11 is 1.44. The van der Waals surface area contributed by atoms with Gasteiger partial charge in [-0.15, -0.1) is 11.3 Å². The normalized spacial score (nSPS) is 16.7. The standard InChI is InChI=1S/C30H31N5OS/c36-29(27-9-5-18-37-27)33-23-12-10-21(11-13-23)26-19-22-20-32-30(31-14-6-17-35-15-3-4-16-35)34-28(22)25-8-2-1-7-24(25)26/h1-2,5,7-13,18,20,26H,3-4,6,14-17,19H2,(H,33,36)(H,31,32,34). The maximum absolute atomic E-state index is 12.4. The highest BCUT2D eigenvalue weighted by molar-refractivity contribution is 7.12. The van der Waals surface area contributed by atoms with Gasteiger partial charge in [0.15, 0.2) is 0 Å². The van der Waals surface area contributed by atoms with Crippen LogP contribution in [0.5, 0.6) is 0 Å². The summed E-state index contributed by atoms with van der Waals surface area (Å²) in [5, 5.41) is 8.35. The lowest BCUT2D eigenvalue weighted by molar-refractivity contribution is 0.103. The third-order valence-electron chi connectivity index (χ3n) is 7.33. The first-order valence-electron chi connectivity index (χ1n) is 13.1. The number of likely N-dealkylation sites (tertiary alicyclic amines) is 1. The highest BCUT2D eigenvalue weighted by Crippen LogP contribution is 2.42. The monoisotopic (exact) mass is 509 g/mol. The molecule has 0 saturated carbocycles. The lowest BCUT2D eigenvalue weighted by Gasteiger charge is -2.27. The first-order valence-corrected chi connectivity index (χ1v) is 14.0. The zero-order chi connectivity index (χ0) is 25.0. The minimum absolute atomic E-state index is 0.0719. The van der Waals surface area contributed by atoms with Gasteiger partial charge in [0.1, 0.15) is 0 Å². The van der Waals surface area contributed by atoms with Gasteiger partial charge < -0.3 is 15.5 Å². The van der Waals surface area contributed by atoms with Gasteiger partial charge in [0, 0.05) is 29.9 Å². The quantitative estimate of drug-likeness (QED) is 0.283. The molecule has 2 aliphatic rings. The van der Waals surface area contributed by atoms with Crippen molar-refractivity contribution in [2.45, 2.75) is 31.6 Å². The van der Waals surface area contributed by atoms with E-state index in [1.165, 1.54) is 59.5 Å². The molecule has 6 nitrogen and oxygen atoms in total. The molecule has 2 aromatic carbocycles. The van der Waals surface area contributed by atoms with E-state index >= 15 is 0 Å². The Morgan fingerprint density at radius 3 is 2.68 bits per heavy atom. The number of hydrogen-bond acceptors (Lipinski definition) is 6. The van der Waals surface area contributed by atoms with Gasteiger partial charge in [-0.2, -0.15) is 0 Å². The maximum Gasteiger partial charge on any atom is 0.265 e. The average Bonchev–Trinajstić information content (AvgIpc) is 3.66. The molecule has 0 bridgehead atoms. The van der Waals surface area contributed by atoms with Crippen LogP contribution in [0, 0.1) is 0 Å². The van der Waals surface area contributed by atoms with E-state index in [2.05, 4.69) is 56.9 Å². The Morgan fingerprint density at radius 2 is 1.86 bits per heavy atom. The van der Waals surface area contributed by atoms with Crippen molar-refractivity contribution < 1.29 is 4.79 Å². The Labute approximate surface area is 221 Å². The van der Waals surface area contributed by atoms with Crippen LogP contribution in [0.1, 0.15) is 51.5 Å². The summed E-state index contributed by atoms with van der Waals surface area (Å²) in [7, 11) is 0. The van der Waals surface area contributed by atoms with Gasteiger partial charge >= 0.3 is 0 Å². The molecule has 6 rings (SSSR count). The Morgan fingerprint density at radius 1 is 1.03 bits per heavy atom. The number of fused-ring (bicyclic) bond motifs is 3. The van der Waals surface area contributed by atoms with Crippen LogP contribution in [0.3, 0.4) is 0 Å². The predicted octanol–water partition coefficient (Wildman–Crippen LogP) is 6.04. The second-order valence-corrected chi connectivity index (χ2v) is 10.7. The molecule has 0 radical (unpaired) electrons. The topological polar surface area (TPSA) is 70.2 Å². The summed E-state index contributed by atoms with van der Waals surface area (Å²) in [5.41, 5.74) is 6.67. The average molecular weight is 510 g/mol. The number of thiophene rings is 1. The summed E-state index contributed by atoms with van der Waals surface area (Å²) in [6, 6.07) is 20.5. The highest BCUT2D eigenvalue weighted by Gasteiger charge is 2.27. The fourth-order valence-electron chi connectivity index (χ4n) is 5.43. The SMILES string of the molecule is O=C(Nc1ccc(C2Cc3cnc(NCCCN4CCCC4)nc3-c3ccccc32)cc1)c1cccs1. The lowest BCUT2D eigenvalue weighted by Crippen LogP contribution is -2.22. The number of aromatic nitrogens is 2. The van der Waals surface area contributed by atoms with E-state index in [0.717, 1.165) is 37.3 Å². The smallest absolute Gasteiger partial charge is 0.265 e. The van der Waals surface area contributed by atoms with Crippen molar-refractivity contribution in [1.82, 2.24) is 14.9 Å². The molecule has 3 heterocycles. The molecule has 2 aromatic heterocycles. The van der Waals surface area contributed by atoms with Crippen LogP contribution < -0.4 is 10.6 Å². The van der Waals surface area contributed by atoms with Crippen molar-refractivity contribution in [3.63, 3.8) is 0 Å². The van der Waals surface area contributed by atoms with Crippen molar-refractivity contribution in [3.05, 3.63) is 93.8 Å². The molecular formula is C30H31N5OS. The van der Waals surface area contributed by atoms with Crippen molar-refractivity contribution in [2.75, 3.05) is 36.8 Å². The minimum atomic E-state index is -0.0719. The molecule has 188 valence electrons. The molecule has 1 saturated heterocycles. The summed E-state index contributed by atoms with van der Waals surface area (Å²) in [6.07, 6.45) is 6.60. The predicted molar refractivity (Wildman–Crippen MR) is 151 cm³/mol. The Balaban J connectivity index is 1.16. The third-order valence-corrected chi connectivity index (χ3v) is 8.20. The fraction of sp³-hybridized carbons (Fsp3) is 0.300. The van der Waals surface area contributed by atoms with Crippen molar-refractivity contribution >= 4 is 28.9 Å². The Hall–Kier alpha value is -3.55. The molecule has 7 heteroatoms. The first kappa shape index (κ1) is 23.8. The molecule has 1 fully saturated rings. The van der Waals surface area contributed by atoms with Crippen molar-refractivity contribution in [3.8, 4) is 11.3 Å². The lowest BCUT2D eigenvalue weighted by atomic mass is 9.78. The van der Waals surface area contributed by atoms with Gasteiger partial charge in [-0.3, -0.25) is 4.79 Å². The van der Waals surface area contributed by atoms with Gasteiger partial charge in [-0.1, -0.05) is 42.5 Å². The summed E-state index contributed by atoms with van der Waals surface area (Å²) in [6.45, 7) is 4.49. The largest absolute Gasteiger partial charge is 0.354 e. The Bertz CT molecular complexity index is 1360. The van der Waals surface area contributed by atoms with E-state index in [-0.39, 0.29) is 11.8 Å². The van der Waals surface area contributed by atoms with Crippen LogP contribution in [0.15, 0.2) is 72.2 Å². The second-order valence-electron chi connectivity index (χ2n) is 9.79. The van der Waals surface area contributed by atoms with E-state index in [9.17, 15) is 4.79 Å². The number of amides is 1. The number of carbonyl (C=O) groups excluding carboxylic acids is 1. The molecule has 1 amide bonds. The molecule has 1 aliphatic carbocycles. The highest BCUT2D eigenvalue weighted by atomic mass is 32.1. The first-order chi connectivity index (χ1) is 18.2. The van der Waals surface area contributed by atoms with Crippen molar-refractivity contribution in [1.29, 1.82) is 0 Å². The molecule has 1 atom stereocenters. The number of hydrogen-bond donors (Lipinski definition) is 2. The zero-order valence-electron chi connectivity index (χ0n) is 20.8. The van der Waals surface area contributed by atoms with Crippen LogP contribution in [0.2, 0.25) is 0 Å². The van der Waals surface area contributed by atoms with Gasteiger partial charge in [-0.25, -0.2) is 9.97 Å². The maximum atomic E-state index is 12.4. The number of nitrogens with zero attached hydrogens (tertiary/aromatic N) is 3.